The van der Waals surface area contributed by atoms with Gasteiger partial charge < -0.3 is 10.1 Å². The van der Waals surface area contributed by atoms with Crippen LogP contribution < -0.4 is 10.1 Å². The number of nitrogens with zero attached hydrogens (tertiary/aromatic N) is 2. The third kappa shape index (κ3) is 3.97. The summed E-state index contributed by atoms with van der Waals surface area (Å²) < 4.78 is 5.39. The molecule has 0 spiro atoms. The zero-order chi connectivity index (χ0) is 16.9. The van der Waals surface area contributed by atoms with Crippen molar-refractivity contribution in [3.05, 3.63) is 33.9 Å². The molecule has 1 saturated carbocycles. The number of amides is 1. The van der Waals surface area contributed by atoms with E-state index in [4.69, 9.17) is 4.74 Å². The summed E-state index contributed by atoms with van der Waals surface area (Å²) in [6.45, 7) is 1.30. The van der Waals surface area contributed by atoms with Gasteiger partial charge in [-0.1, -0.05) is 25.3 Å². The second kappa shape index (κ2) is 7.09. The summed E-state index contributed by atoms with van der Waals surface area (Å²) in [5.41, 5.74) is -0.488. The molecule has 7 nitrogen and oxygen atoms in total. The number of nitro benzene ring substituents is 1. The Morgan fingerprint density at radius 3 is 2.74 bits per heavy atom. The van der Waals surface area contributed by atoms with Crippen LogP contribution in [0.4, 0.5) is 5.69 Å². The van der Waals surface area contributed by atoms with Crippen LogP contribution in [0.1, 0.15) is 37.7 Å². The van der Waals surface area contributed by atoms with E-state index in [1.807, 2.05) is 0 Å². The molecule has 23 heavy (non-hydrogen) atoms. The Labute approximate surface area is 134 Å². The number of ether oxygens (including phenoxy) is 1. The second-order valence-electron chi connectivity index (χ2n) is 5.75. The van der Waals surface area contributed by atoms with Crippen LogP contribution in [0.15, 0.2) is 18.2 Å². The Morgan fingerprint density at radius 1 is 1.43 bits per heavy atom. The zero-order valence-corrected chi connectivity index (χ0v) is 13.0. The summed E-state index contributed by atoms with van der Waals surface area (Å²) in [5.74, 6) is -0.0941. The van der Waals surface area contributed by atoms with Crippen LogP contribution in [-0.2, 0) is 4.79 Å². The average Bonchev–Trinajstić information content (AvgIpc) is 2.54. The number of carbonyl (C=O) groups excluding carboxylic acids is 1. The summed E-state index contributed by atoms with van der Waals surface area (Å²) in [5, 5.41) is 23.0. The molecular weight excluding hydrogens is 298 g/mol. The molecule has 1 aliphatic carbocycles. The maximum absolute atomic E-state index is 12.1. The lowest BCUT2D eigenvalue weighted by molar-refractivity contribution is -0.385. The quantitative estimate of drug-likeness (QED) is 0.664. The lowest BCUT2D eigenvalue weighted by atomic mass is 9.83. The Kier molecular flexibility index (Phi) is 5.16. The highest BCUT2D eigenvalue weighted by Gasteiger charge is 2.33. The first-order valence-electron chi connectivity index (χ1n) is 7.56. The van der Waals surface area contributed by atoms with Gasteiger partial charge in [0.2, 0.25) is 0 Å². The molecule has 1 aromatic carbocycles. The number of rotatable bonds is 5. The smallest absolute Gasteiger partial charge is 0.276 e. The molecule has 0 aliphatic heterocycles. The highest BCUT2D eigenvalue weighted by atomic mass is 16.6. The lowest BCUT2D eigenvalue weighted by Gasteiger charge is -2.31. The van der Waals surface area contributed by atoms with Crippen molar-refractivity contribution in [1.29, 1.82) is 5.26 Å². The fraction of sp³-hybridized carbons (Fsp3) is 0.500. The molecule has 2 rings (SSSR count). The van der Waals surface area contributed by atoms with Crippen LogP contribution in [0.25, 0.3) is 0 Å². The molecule has 122 valence electrons. The lowest BCUT2D eigenvalue weighted by Crippen LogP contribution is -2.50. The summed E-state index contributed by atoms with van der Waals surface area (Å²) >= 11 is 0. The molecule has 0 aromatic heterocycles. The van der Waals surface area contributed by atoms with Gasteiger partial charge in [-0.15, -0.1) is 0 Å². The van der Waals surface area contributed by atoms with E-state index in [2.05, 4.69) is 11.4 Å². The van der Waals surface area contributed by atoms with Crippen molar-refractivity contribution in [3.63, 3.8) is 0 Å². The third-order valence-electron chi connectivity index (χ3n) is 4.11. The van der Waals surface area contributed by atoms with Crippen molar-refractivity contribution in [3.8, 4) is 11.8 Å². The monoisotopic (exact) mass is 317 g/mol. The Balaban J connectivity index is 1.98. The van der Waals surface area contributed by atoms with Gasteiger partial charge in [0.05, 0.1) is 16.6 Å². The normalized spacial score (nSPS) is 16.2. The molecule has 1 N–H and O–H groups in total. The molecule has 7 heteroatoms. The SMILES string of the molecule is Cc1c(OCC(=O)NC2(C#N)CCCCC2)cccc1[N+](=O)[O-]. The van der Waals surface area contributed by atoms with Crippen molar-refractivity contribution >= 4 is 11.6 Å². The van der Waals surface area contributed by atoms with Gasteiger partial charge in [0.25, 0.3) is 11.6 Å². The molecular formula is C16H19N3O4. The summed E-state index contributed by atoms with van der Waals surface area (Å²) in [4.78, 5) is 22.5. The molecule has 1 fully saturated rings. The standard InChI is InChI=1S/C16H19N3O4/c1-12-13(19(21)22)6-5-7-14(12)23-10-15(20)18-16(11-17)8-3-2-4-9-16/h5-7H,2-4,8-10H2,1H3,(H,18,20). The van der Waals surface area contributed by atoms with Crippen LogP contribution in [0.5, 0.6) is 5.75 Å². The topological polar surface area (TPSA) is 105 Å². The second-order valence-corrected chi connectivity index (χ2v) is 5.75. The van der Waals surface area contributed by atoms with E-state index >= 15 is 0 Å². The van der Waals surface area contributed by atoms with Crippen molar-refractivity contribution in [2.75, 3.05) is 6.61 Å². The fourth-order valence-electron chi connectivity index (χ4n) is 2.82. The predicted molar refractivity (Wildman–Crippen MR) is 82.9 cm³/mol. The number of hydrogen-bond donors (Lipinski definition) is 1. The number of nitrogens with one attached hydrogen (secondary N) is 1. The molecule has 0 heterocycles. The van der Waals surface area contributed by atoms with Gasteiger partial charge in [-0.2, -0.15) is 5.26 Å². The van der Waals surface area contributed by atoms with Crippen LogP contribution in [-0.4, -0.2) is 23.0 Å². The molecule has 1 amide bonds. The number of hydrogen-bond acceptors (Lipinski definition) is 5. The van der Waals surface area contributed by atoms with Crippen molar-refractivity contribution in [2.24, 2.45) is 0 Å². The van der Waals surface area contributed by atoms with Crippen molar-refractivity contribution < 1.29 is 14.5 Å². The first-order valence-corrected chi connectivity index (χ1v) is 7.56. The van der Waals surface area contributed by atoms with E-state index in [9.17, 15) is 20.2 Å². The number of nitro groups is 1. The summed E-state index contributed by atoms with van der Waals surface area (Å²) in [6, 6.07) is 6.68. The molecule has 0 bridgehead atoms. The van der Waals surface area contributed by atoms with Gasteiger partial charge in [-0.25, -0.2) is 0 Å². The molecule has 0 radical (unpaired) electrons. The maximum atomic E-state index is 12.1. The van der Waals surface area contributed by atoms with E-state index in [0.717, 1.165) is 19.3 Å². The number of nitriles is 1. The molecule has 0 saturated heterocycles. The predicted octanol–water partition coefficient (Wildman–Crippen LogP) is 2.62. The van der Waals surface area contributed by atoms with Gasteiger partial charge in [-0.05, 0) is 25.8 Å². The van der Waals surface area contributed by atoms with E-state index < -0.39 is 10.5 Å². The first kappa shape index (κ1) is 16.7. The van der Waals surface area contributed by atoms with E-state index in [0.29, 0.717) is 24.2 Å². The summed E-state index contributed by atoms with van der Waals surface area (Å²) in [7, 11) is 0. The van der Waals surface area contributed by atoms with Gasteiger partial charge in [0, 0.05) is 6.07 Å². The first-order chi connectivity index (χ1) is 11.0. The minimum absolute atomic E-state index is 0.0521. The van der Waals surface area contributed by atoms with E-state index in [-0.39, 0.29) is 18.2 Å². The minimum atomic E-state index is -0.809. The largest absolute Gasteiger partial charge is 0.483 e. The molecule has 1 aliphatic rings. The van der Waals surface area contributed by atoms with E-state index in [1.54, 1.807) is 13.0 Å². The van der Waals surface area contributed by atoms with E-state index in [1.165, 1.54) is 12.1 Å². The maximum Gasteiger partial charge on any atom is 0.276 e. The van der Waals surface area contributed by atoms with Crippen molar-refractivity contribution in [2.45, 2.75) is 44.6 Å². The zero-order valence-electron chi connectivity index (χ0n) is 13.0. The molecule has 0 atom stereocenters. The number of benzene rings is 1. The molecule has 1 aromatic rings. The Bertz CT molecular complexity index is 645. The van der Waals surface area contributed by atoms with Crippen molar-refractivity contribution in [1.82, 2.24) is 5.32 Å². The van der Waals surface area contributed by atoms with Gasteiger partial charge in [0.15, 0.2) is 6.61 Å². The van der Waals surface area contributed by atoms with Crippen LogP contribution in [0.3, 0.4) is 0 Å². The van der Waals surface area contributed by atoms with Gasteiger partial charge in [0.1, 0.15) is 11.3 Å². The molecule has 0 unspecified atom stereocenters. The van der Waals surface area contributed by atoms with Gasteiger partial charge in [-0.3, -0.25) is 14.9 Å². The highest BCUT2D eigenvalue weighted by molar-refractivity contribution is 5.79. The highest BCUT2D eigenvalue weighted by Crippen LogP contribution is 2.28. The number of carbonyl (C=O) groups is 1. The average molecular weight is 317 g/mol. The minimum Gasteiger partial charge on any atom is -0.483 e. The van der Waals surface area contributed by atoms with Crippen LogP contribution in [0, 0.1) is 28.4 Å². The Hall–Kier alpha value is -2.62. The van der Waals surface area contributed by atoms with Crippen LogP contribution >= 0.6 is 0 Å². The van der Waals surface area contributed by atoms with Gasteiger partial charge >= 0.3 is 0 Å². The third-order valence-corrected chi connectivity index (χ3v) is 4.11. The Morgan fingerprint density at radius 2 is 2.13 bits per heavy atom. The summed E-state index contributed by atoms with van der Waals surface area (Å²) in [6.07, 6.45) is 4.19. The van der Waals surface area contributed by atoms with Crippen LogP contribution in [0.2, 0.25) is 0 Å². The fourth-order valence-corrected chi connectivity index (χ4v) is 2.82.